The van der Waals surface area contributed by atoms with Crippen molar-refractivity contribution in [2.45, 2.75) is 38.5 Å². The van der Waals surface area contributed by atoms with E-state index in [4.69, 9.17) is 14.7 Å². The first-order chi connectivity index (χ1) is 19.3. The molecule has 9 nitrogen and oxygen atoms in total. The molecule has 1 fully saturated rings. The monoisotopic (exact) mass is 549 g/mol. The van der Waals surface area contributed by atoms with Crippen molar-refractivity contribution in [3.8, 4) is 22.5 Å². The molecule has 1 aromatic heterocycles. The summed E-state index contributed by atoms with van der Waals surface area (Å²) in [6.45, 7) is 4.77. The van der Waals surface area contributed by atoms with Gasteiger partial charge in [-0.1, -0.05) is 6.07 Å². The minimum absolute atomic E-state index is 0.147. The maximum absolute atomic E-state index is 13.1. The fourth-order valence-corrected chi connectivity index (χ4v) is 5.02. The highest BCUT2D eigenvalue weighted by Crippen LogP contribution is 2.39. The lowest BCUT2D eigenvalue weighted by molar-refractivity contribution is -0.137. The van der Waals surface area contributed by atoms with Crippen LogP contribution in [-0.4, -0.2) is 51.2 Å². The van der Waals surface area contributed by atoms with E-state index < -0.39 is 17.6 Å². The number of ether oxygens (including phenoxy) is 1. The number of nitrogens with one attached hydrogen (secondary N) is 2. The number of amides is 1. The molecule has 2 N–H and O–H groups in total. The molecule has 12 heteroatoms. The molecule has 1 saturated heterocycles. The van der Waals surface area contributed by atoms with Crippen LogP contribution in [0.5, 0.6) is 0 Å². The molecule has 4 aliphatic rings. The molecule has 0 bridgehead atoms. The normalized spacial score (nSPS) is 16.1. The molecule has 6 rings (SSSR count). The molecule has 1 amide bonds. The van der Waals surface area contributed by atoms with Crippen LogP contribution in [0.15, 0.2) is 53.8 Å². The summed E-state index contributed by atoms with van der Waals surface area (Å²) < 4.78 is 46.8. The largest absolute Gasteiger partial charge is 0.416 e. The number of fused-ring (bicyclic) bond motifs is 3. The molecule has 0 saturated carbocycles. The third-order valence-electron chi connectivity index (χ3n) is 7.09. The van der Waals surface area contributed by atoms with Crippen molar-refractivity contribution < 1.29 is 22.7 Å². The van der Waals surface area contributed by atoms with E-state index in [1.165, 1.54) is 0 Å². The van der Waals surface area contributed by atoms with Gasteiger partial charge in [-0.15, -0.1) is 0 Å². The Morgan fingerprint density at radius 1 is 1.12 bits per heavy atom. The Kier molecular flexibility index (Phi) is 6.70. The van der Waals surface area contributed by atoms with Gasteiger partial charge in [0.05, 0.1) is 11.6 Å². The SMILES string of the molecule is Cc1ccc(NC(=O)c2cc(C(F)(F)F)ccn2)cc1-c1cc2cnc(=NC3CCOCC3)nc-2n2c1NCC2. The lowest BCUT2D eigenvalue weighted by Crippen LogP contribution is -2.25. The standard InChI is InChI=1S/C28H26F3N7O2/c1-16-2-3-20(35-26(39)23-13-18(4-7-32-23)28(29,30)31)14-21(16)22-12-17-15-34-27(36-19-5-10-40-11-6-19)37-24(17)38-9-8-33-25(22)38/h2-4,7,12-15,19,33H,5-6,8-11H2,1H3,(H,35,39). The summed E-state index contributed by atoms with van der Waals surface area (Å²) in [5, 5.41) is 6.13. The molecule has 5 heterocycles. The first-order valence-electron chi connectivity index (χ1n) is 13.0. The lowest BCUT2D eigenvalue weighted by atomic mass is 9.98. The van der Waals surface area contributed by atoms with E-state index in [2.05, 4.69) is 25.2 Å². The summed E-state index contributed by atoms with van der Waals surface area (Å²) in [6, 6.07) is 9.08. The van der Waals surface area contributed by atoms with E-state index in [9.17, 15) is 18.0 Å². The van der Waals surface area contributed by atoms with Crippen molar-refractivity contribution in [3.63, 3.8) is 0 Å². The summed E-state index contributed by atoms with van der Waals surface area (Å²) in [4.78, 5) is 30.6. The van der Waals surface area contributed by atoms with Crippen LogP contribution in [0.25, 0.3) is 22.5 Å². The average Bonchev–Trinajstić information content (AvgIpc) is 3.45. The number of rotatable bonds is 4. The summed E-state index contributed by atoms with van der Waals surface area (Å²) in [5.74, 6) is 0.933. The number of hydrogen-bond donors (Lipinski definition) is 2. The average molecular weight is 550 g/mol. The molecular weight excluding hydrogens is 523 g/mol. The van der Waals surface area contributed by atoms with E-state index >= 15 is 0 Å². The molecule has 4 aliphatic heterocycles. The number of aromatic nitrogens is 4. The quantitative estimate of drug-likeness (QED) is 0.388. The molecule has 206 valence electrons. The van der Waals surface area contributed by atoms with Gasteiger partial charge in [0.15, 0.2) is 0 Å². The third kappa shape index (κ3) is 5.14. The number of hydrogen-bond acceptors (Lipinski definition) is 7. The summed E-state index contributed by atoms with van der Waals surface area (Å²) >= 11 is 0. The van der Waals surface area contributed by atoms with Crippen molar-refractivity contribution in [1.82, 2.24) is 19.5 Å². The van der Waals surface area contributed by atoms with Crippen LogP contribution in [0.3, 0.4) is 0 Å². The van der Waals surface area contributed by atoms with E-state index in [0.29, 0.717) is 31.1 Å². The number of pyridine rings is 2. The van der Waals surface area contributed by atoms with Crippen molar-refractivity contribution in [2.75, 3.05) is 30.4 Å². The van der Waals surface area contributed by atoms with Crippen molar-refractivity contribution in [1.29, 1.82) is 0 Å². The number of anilines is 2. The molecule has 40 heavy (non-hydrogen) atoms. The highest BCUT2D eigenvalue weighted by atomic mass is 19.4. The van der Waals surface area contributed by atoms with Crippen molar-refractivity contribution in [2.24, 2.45) is 4.99 Å². The number of halogens is 3. The zero-order chi connectivity index (χ0) is 27.9. The molecule has 0 atom stereocenters. The van der Waals surface area contributed by atoms with Crippen molar-refractivity contribution in [3.05, 3.63) is 71.2 Å². The van der Waals surface area contributed by atoms with Gasteiger partial charge in [0.2, 0.25) is 5.62 Å². The lowest BCUT2D eigenvalue weighted by Gasteiger charge is -2.19. The van der Waals surface area contributed by atoms with Crippen LogP contribution >= 0.6 is 0 Å². The van der Waals surface area contributed by atoms with Crippen LogP contribution in [0.1, 0.15) is 34.5 Å². The van der Waals surface area contributed by atoms with Gasteiger partial charge >= 0.3 is 6.18 Å². The Hall–Kier alpha value is -4.32. The third-order valence-corrected chi connectivity index (χ3v) is 7.09. The minimum atomic E-state index is -4.57. The zero-order valence-electron chi connectivity index (χ0n) is 21.6. The predicted molar refractivity (Wildman–Crippen MR) is 142 cm³/mol. The molecule has 1 aromatic carbocycles. The van der Waals surface area contributed by atoms with Gasteiger partial charge in [-0.3, -0.25) is 9.78 Å². The number of alkyl halides is 3. The zero-order valence-corrected chi connectivity index (χ0v) is 21.6. The van der Waals surface area contributed by atoms with Gasteiger partial charge in [0, 0.05) is 55.5 Å². The highest BCUT2D eigenvalue weighted by Gasteiger charge is 2.31. The van der Waals surface area contributed by atoms with E-state index in [0.717, 1.165) is 71.6 Å². The van der Waals surface area contributed by atoms with Crippen LogP contribution in [0, 0.1) is 6.92 Å². The van der Waals surface area contributed by atoms with Crippen LogP contribution in [-0.2, 0) is 17.5 Å². The number of aryl methyl sites for hydroxylation is 1. The maximum atomic E-state index is 13.1. The molecule has 0 radical (unpaired) electrons. The number of carbonyl (C=O) groups is 1. The van der Waals surface area contributed by atoms with Gasteiger partial charge in [0.25, 0.3) is 5.91 Å². The Morgan fingerprint density at radius 3 is 2.75 bits per heavy atom. The summed E-state index contributed by atoms with van der Waals surface area (Å²) in [6.07, 6.45) is -0.119. The van der Waals surface area contributed by atoms with E-state index in [-0.39, 0.29) is 11.7 Å². The van der Waals surface area contributed by atoms with Crippen LogP contribution < -0.4 is 16.3 Å². The second-order valence-electron chi connectivity index (χ2n) is 9.82. The van der Waals surface area contributed by atoms with E-state index in [1.54, 1.807) is 18.3 Å². The molecule has 0 spiro atoms. The number of nitrogens with zero attached hydrogens (tertiary/aromatic N) is 5. The molecular formula is C28H26F3N7O2. The Labute approximate surface area is 227 Å². The fraction of sp³-hybridized carbons (Fsp3) is 0.321. The minimum Gasteiger partial charge on any atom is -0.381 e. The van der Waals surface area contributed by atoms with Gasteiger partial charge in [0.1, 0.15) is 17.3 Å². The predicted octanol–water partition coefficient (Wildman–Crippen LogP) is 4.53. The fourth-order valence-electron chi connectivity index (χ4n) is 5.02. The second-order valence-corrected chi connectivity index (χ2v) is 9.82. The van der Waals surface area contributed by atoms with Crippen LogP contribution in [0.4, 0.5) is 24.7 Å². The highest BCUT2D eigenvalue weighted by molar-refractivity contribution is 6.03. The van der Waals surface area contributed by atoms with Gasteiger partial charge in [-0.25, -0.2) is 9.98 Å². The van der Waals surface area contributed by atoms with Gasteiger partial charge in [-0.2, -0.15) is 18.2 Å². The Balaban J connectivity index is 1.35. The summed E-state index contributed by atoms with van der Waals surface area (Å²) in [5.41, 5.74) is 3.19. The number of carbonyl (C=O) groups excluding carboxylic acids is 1. The first kappa shape index (κ1) is 25.9. The van der Waals surface area contributed by atoms with Gasteiger partial charge < -0.3 is 19.9 Å². The second kappa shape index (κ2) is 10.3. The summed E-state index contributed by atoms with van der Waals surface area (Å²) in [7, 11) is 0. The van der Waals surface area contributed by atoms with Crippen LogP contribution in [0.2, 0.25) is 0 Å². The Morgan fingerprint density at radius 2 is 1.95 bits per heavy atom. The molecule has 0 unspecified atom stereocenters. The topological polar surface area (TPSA) is 106 Å². The Bertz CT molecular complexity index is 1630. The van der Waals surface area contributed by atoms with Gasteiger partial charge in [-0.05, 0) is 61.2 Å². The first-order valence-corrected chi connectivity index (χ1v) is 13.0. The van der Waals surface area contributed by atoms with E-state index in [1.807, 2.05) is 19.1 Å². The maximum Gasteiger partial charge on any atom is 0.416 e. The molecule has 0 aliphatic carbocycles. The van der Waals surface area contributed by atoms with Crippen molar-refractivity contribution >= 4 is 17.4 Å². The molecule has 2 aromatic rings. The smallest absolute Gasteiger partial charge is 0.381 e. The number of benzene rings is 1.